The summed E-state index contributed by atoms with van der Waals surface area (Å²) in [4.78, 5) is 10.9. The maximum Gasteiger partial charge on any atom is 0.495 e. The van der Waals surface area contributed by atoms with E-state index in [1.165, 1.54) is 0 Å². The molecule has 0 saturated carbocycles. The van der Waals surface area contributed by atoms with Crippen molar-refractivity contribution in [2.75, 3.05) is 0 Å². The molecule has 3 nitrogen and oxygen atoms in total. The van der Waals surface area contributed by atoms with Crippen molar-refractivity contribution in [3.8, 4) is 0 Å². The quantitative estimate of drug-likeness (QED) is 0.592. The van der Waals surface area contributed by atoms with Crippen LogP contribution in [0.3, 0.4) is 0 Å². The monoisotopic (exact) mass is 246 g/mol. The highest BCUT2D eigenvalue weighted by Crippen LogP contribution is 2.36. The van der Waals surface area contributed by atoms with E-state index in [2.05, 4.69) is 0 Å². The number of aryl methyl sites for hydroxylation is 1. The van der Waals surface area contributed by atoms with E-state index >= 15 is 0 Å². The highest BCUT2D eigenvalue weighted by molar-refractivity contribution is 6.62. The van der Waals surface area contributed by atoms with Gasteiger partial charge in [0.05, 0.1) is 11.2 Å². The van der Waals surface area contributed by atoms with E-state index < -0.39 is 7.12 Å². The lowest BCUT2D eigenvalue weighted by Gasteiger charge is -2.32. The van der Waals surface area contributed by atoms with Crippen LogP contribution in [0.1, 0.15) is 43.6 Å². The number of aldehydes is 1. The Morgan fingerprint density at radius 2 is 1.67 bits per heavy atom. The largest absolute Gasteiger partial charge is 0.495 e. The molecule has 0 unspecified atom stereocenters. The van der Waals surface area contributed by atoms with Gasteiger partial charge in [0.15, 0.2) is 0 Å². The highest BCUT2D eigenvalue weighted by Gasteiger charge is 2.52. The number of benzene rings is 1. The van der Waals surface area contributed by atoms with Crippen LogP contribution in [0.2, 0.25) is 0 Å². The van der Waals surface area contributed by atoms with Crippen LogP contribution in [0, 0.1) is 6.92 Å². The average molecular weight is 246 g/mol. The van der Waals surface area contributed by atoms with Crippen LogP contribution in [-0.2, 0) is 9.31 Å². The minimum absolute atomic E-state index is 0.360. The fourth-order valence-electron chi connectivity index (χ4n) is 1.96. The molecular weight excluding hydrogens is 227 g/mol. The first-order valence-corrected chi connectivity index (χ1v) is 6.18. The summed E-state index contributed by atoms with van der Waals surface area (Å²) in [7, 11) is -0.408. The number of hydrogen-bond acceptors (Lipinski definition) is 3. The first-order valence-electron chi connectivity index (χ1n) is 6.18. The van der Waals surface area contributed by atoms with E-state index in [-0.39, 0.29) is 11.2 Å². The van der Waals surface area contributed by atoms with Gasteiger partial charge in [0.1, 0.15) is 6.29 Å². The summed E-state index contributed by atoms with van der Waals surface area (Å²) in [6.07, 6.45) is 0.841. The van der Waals surface area contributed by atoms with Crippen molar-refractivity contribution in [2.24, 2.45) is 0 Å². The van der Waals surface area contributed by atoms with Crippen molar-refractivity contribution in [1.29, 1.82) is 0 Å². The molecule has 0 radical (unpaired) electrons. The molecule has 0 amide bonds. The predicted molar refractivity (Wildman–Crippen MR) is 72.3 cm³/mol. The first kappa shape index (κ1) is 13.3. The molecule has 0 bridgehead atoms. The summed E-state index contributed by atoms with van der Waals surface area (Å²) in [5.74, 6) is 0. The van der Waals surface area contributed by atoms with E-state index in [1.54, 1.807) is 6.07 Å². The predicted octanol–water partition coefficient (Wildman–Crippen LogP) is 2.11. The fourth-order valence-corrected chi connectivity index (χ4v) is 1.96. The van der Waals surface area contributed by atoms with Gasteiger partial charge in [0, 0.05) is 5.56 Å². The third kappa shape index (κ3) is 2.11. The van der Waals surface area contributed by atoms with Crippen molar-refractivity contribution in [3.05, 3.63) is 29.3 Å². The Labute approximate surface area is 109 Å². The van der Waals surface area contributed by atoms with Crippen LogP contribution in [-0.4, -0.2) is 24.6 Å². The summed E-state index contributed by atoms with van der Waals surface area (Å²) < 4.78 is 12.0. The first-order chi connectivity index (χ1) is 8.27. The zero-order valence-electron chi connectivity index (χ0n) is 11.6. The molecule has 1 heterocycles. The van der Waals surface area contributed by atoms with Crippen LogP contribution in [0.15, 0.2) is 18.2 Å². The van der Waals surface area contributed by atoms with Crippen LogP contribution >= 0.6 is 0 Å². The molecule has 0 spiro atoms. The summed E-state index contributed by atoms with van der Waals surface area (Å²) in [6.45, 7) is 10.1. The third-order valence-corrected chi connectivity index (χ3v) is 3.95. The van der Waals surface area contributed by atoms with Gasteiger partial charge in [-0.25, -0.2) is 0 Å². The van der Waals surface area contributed by atoms with Gasteiger partial charge in [0.25, 0.3) is 0 Å². The molecule has 0 atom stereocenters. The van der Waals surface area contributed by atoms with Crippen molar-refractivity contribution in [2.45, 2.75) is 45.8 Å². The van der Waals surface area contributed by atoms with Crippen LogP contribution < -0.4 is 5.46 Å². The van der Waals surface area contributed by atoms with Gasteiger partial charge in [-0.2, -0.15) is 0 Å². The van der Waals surface area contributed by atoms with Crippen molar-refractivity contribution in [1.82, 2.24) is 0 Å². The van der Waals surface area contributed by atoms with Crippen LogP contribution in [0.5, 0.6) is 0 Å². The van der Waals surface area contributed by atoms with E-state index in [4.69, 9.17) is 9.31 Å². The molecule has 1 aromatic carbocycles. The number of carbonyl (C=O) groups excluding carboxylic acids is 1. The Morgan fingerprint density at radius 3 is 2.17 bits per heavy atom. The Bertz CT molecular complexity index is 464. The van der Waals surface area contributed by atoms with Gasteiger partial charge >= 0.3 is 7.12 Å². The minimum atomic E-state index is -0.408. The zero-order chi connectivity index (χ0) is 13.6. The molecule has 2 rings (SSSR count). The Kier molecular flexibility index (Phi) is 3.12. The van der Waals surface area contributed by atoms with Gasteiger partial charge in [-0.3, -0.25) is 4.79 Å². The van der Waals surface area contributed by atoms with Gasteiger partial charge in [-0.05, 0) is 40.1 Å². The van der Waals surface area contributed by atoms with E-state index in [1.807, 2.05) is 46.8 Å². The second-order valence-electron chi connectivity index (χ2n) is 5.82. The van der Waals surface area contributed by atoms with Gasteiger partial charge in [-0.1, -0.05) is 23.8 Å². The maximum absolute atomic E-state index is 10.9. The SMILES string of the molecule is Cc1ccc(C=O)cc1B1OC(C)(C)C(C)(C)O1. The Hall–Kier alpha value is -1.13. The molecule has 4 heteroatoms. The van der Waals surface area contributed by atoms with Gasteiger partial charge in [0.2, 0.25) is 0 Å². The Morgan fingerprint density at radius 1 is 1.11 bits per heavy atom. The molecule has 1 aromatic rings. The highest BCUT2D eigenvalue weighted by atomic mass is 16.7. The van der Waals surface area contributed by atoms with Gasteiger partial charge < -0.3 is 9.31 Å². The average Bonchev–Trinajstić information content (AvgIpc) is 2.48. The lowest BCUT2D eigenvalue weighted by atomic mass is 9.75. The Balaban J connectivity index is 2.37. The smallest absolute Gasteiger partial charge is 0.399 e. The molecule has 1 aliphatic heterocycles. The number of hydrogen-bond donors (Lipinski definition) is 0. The normalized spacial score (nSPS) is 21.1. The molecule has 1 aliphatic rings. The minimum Gasteiger partial charge on any atom is -0.399 e. The number of rotatable bonds is 2. The standard InChI is InChI=1S/C14H19BO3/c1-10-6-7-11(9-16)8-12(10)15-17-13(2,3)14(4,5)18-15/h6-9H,1-5H3. The molecule has 1 saturated heterocycles. The molecule has 0 aromatic heterocycles. The lowest BCUT2D eigenvalue weighted by Crippen LogP contribution is -2.41. The fraction of sp³-hybridized carbons (Fsp3) is 0.500. The molecular formula is C14H19BO3. The van der Waals surface area contributed by atoms with Crippen molar-refractivity contribution in [3.63, 3.8) is 0 Å². The van der Waals surface area contributed by atoms with Crippen LogP contribution in [0.4, 0.5) is 0 Å². The summed E-state index contributed by atoms with van der Waals surface area (Å²) in [6, 6.07) is 5.56. The topological polar surface area (TPSA) is 35.5 Å². The number of carbonyl (C=O) groups is 1. The molecule has 18 heavy (non-hydrogen) atoms. The van der Waals surface area contributed by atoms with E-state index in [0.717, 1.165) is 17.3 Å². The second kappa shape index (κ2) is 4.21. The molecule has 1 fully saturated rings. The molecule has 0 N–H and O–H groups in total. The second-order valence-corrected chi connectivity index (χ2v) is 5.82. The van der Waals surface area contributed by atoms with Crippen LogP contribution in [0.25, 0.3) is 0 Å². The molecule has 0 aliphatic carbocycles. The summed E-state index contributed by atoms with van der Waals surface area (Å²) in [5, 5.41) is 0. The lowest BCUT2D eigenvalue weighted by molar-refractivity contribution is 0.00578. The van der Waals surface area contributed by atoms with E-state index in [0.29, 0.717) is 5.56 Å². The maximum atomic E-state index is 10.9. The summed E-state index contributed by atoms with van der Waals surface area (Å²) in [5.41, 5.74) is 1.92. The summed E-state index contributed by atoms with van der Waals surface area (Å²) >= 11 is 0. The molecule has 96 valence electrons. The van der Waals surface area contributed by atoms with Crippen molar-refractivity contribution >= 4 is 18.9 Å². The van der Waals surface area contributed by atoms with Crippen molar-refractivity contribution < 1.29 is 14.1 Å². The van der Waals surface area contributed by atoms with E-state index in [9.17, 15) is 4.79 Å². The van der Waals surface area contributed by atoms with Gasteiger partial charge in [-0.15, -0.1) is 0 Å². The third-order valence-electron chi connectivity index (χ3n) is 3.95. The zero-order valence-corrected chi connectivity index (χ0v) is 11.6.